The second-order valence-corrected chi connectivity index (χ2v) is 23.6. The summed E-state index contributed by atoms with van der Waals surface area (Å²) in [6.07, 6.45) is 0. The number of hydrogen-bond acceptors (Lipinski definition) is 5. The van der Waals surface area contributed by atoms with Gasteiger partial charge in [0, 0.05) is 66.7 Å². The molecule has 78 heavy (non-hydrogen) atoms. The first-order valence-electron chi connectivity index (χ1n) is 27.4. The van der Waals surface area contributed by atoms with E-state index in [1.807, 2.05) is 0 Å². The predicted molar refractivity (Wildman–Crippen MR) is 331 cm³/mol. The highest BCUT2D eigenvalue weighted by molar-refractivity contribution is 7.01. The van der Waals surface area contributed by atoms with Crippen molar-refractivity contribution in [2.45, 2.75) is 52.4 Å². The minimum absolute atomic E-state index is 0.0109. The summed E-state index contributed by atoms with van der Waals surface area (Å²) in [4.78, 5) is 7.50. The number of rotatable bonds is 5. The van der Waals surface area contributed by atoms with Gasteiger partial charge in [-0.15, -0.1) is 0 Å². The molecule has 0 fully saturated rings. The van der Waals surface area contributed by atoms with Crippen LogP contribution in [0.3, 0.4) is 0 Å². The summed E-state index contributed by atoms with van der Waals surface area (Å²) < 4.78 is 13.8. The van der Waals surface area contributed by atoms with Gasteiger partial charge in [-0.05, 0) is 150 Å². The number of fused-ring (bicyclic) bond motifs is 11. The Kier molecular flexibility index (Phi) is 9.31. The standard InChI is InChI=1S/C72H54BN3O2/c1-71(2,3)46-28-32-48(33-29-46)74-57-19-13-20-58-68(57)73(69-59(74)40-41-64-67(69)54-17-8-10-23-63(54)77-64)55-38-36-50(42-61(55)75(58)49-34-30-47(31-35-49)72(4,5)6)76(60-21-12-18-52-51-16-7-9-22-62(51)78-70(52)60)56-39-27-45-25-24-43-14-11-15-44-26-37-53(56)66(45)65(43)44/h7-42H,1-6H3. The Hall–Kier alpha value is -9.26. The normalized spacial score (nSPS) is 13.4. The van der Waals surface area contributed by atoms with Gasteiger partial charge in [-0.3, -0.25) is 0 Å². The fraction of sp³-hybridized carbons (Fsp3) is 0.111. The number of nitrogens with zero attached hydrogens (tertiary/aromatic N) is 3. The molecule has 12 aromatic carbocycles. The molecule has 0 radical (unpaired) electrons. The first-order valence-corrected chi connectivity index (χ1v) is 27.4. The Bertz CT molecular complexity index is 4770. The average Bonchev–Trinajstić information content (AvgIpc) is 4.17. The first kappa shape index (κ1) is 45.0. The van der Waals surface area contributed by atoms with Crippen molar-refractivity contribution in [3.05, 3.63) is 230 Å². The second kappa shape index (κ2) is 16.1. The van der Waals surface area contributed by atoms with E-state index >= 15 is 0 Å². The van der Waals surface area contributed by atoms with E-state index in [4.69, 9.17) is 8.83 Å². The van der Waals surface area contributed by atoms with Crippen LogP contribution < -0.4 is 31.1 Å². The van der Waals surface area contributed by atoms with E-state index < -0.39 is 0 Å². The molecule has 0 unspecified atom stereocenters. The third kappa shape index (κ3) is 6.43. The zero-order valence-electron chi connectivity index (χ0n) is 44.5. The number of hydrogen-bond donors (Lipinski definition) is 0. The zero-order valence-corrected chi connectivity index (χ0v) is 44.5. The zero-order chi connectivity index (χ0) is 52.3. The molecular weight excluding hydrogens is 950 g/mol. The summed E-state index contributed by atoms with van der Waals surface area (Å²) >= 11 is 0. The lowest BCUT2D eigenvalue weighted by atomic mass is 9.33. The Balaban J connectivity index is 1.00. The van der Waals surface area contributed by atoms with Crippen molar-refractivity contribution in [3.63, 3.8) is 0 Å². The molecule has 0 N–H and O–H groups in total. The molecule has 0 amide bonds. The van der Waals surface area contributed by atoms with Gasteiger partial charge in [0.2, 0.25) is 0 Å². The van der Waals surface area contributed by atoms with Crippen LogP contribution in [0, 0.1) is 0 Å². The smallest absolute Gasteiger partial charge is 0.253 e. The fourth-order valence-electron chi connectivity index (χ4n) is 13.4. The van der Waals surface area contributed by atoms with Gasteiger partial charge in [0.05, 0.1) is 11.4 Å². The van der Waals surface area contributed by atoms with E-state index in [-0.39, 0.29) is 17.5 Å². The maximum atomic E-state index is 6.99. The summed E-state index contributed by atoms with van der Waals surface area (Å²) in [5, 5.41) is 11.9. The molecule has 2 aliphatic rings. The molecule has 16 rings (SSSR count). The maximum Gasteiger partial charge on any atom is 0.253 e. The molecule has 2 aromatic heterocycles. The van der Waals surface area contributed by atoms with Gasteiger partial charge in [-0.2, -0.15) is 0 Å². The lowest BCUT2D eigenvalue weighted by molar-refractivity contribution is 0.590. The lowest BCUT2D eigenvalue weighted by Crippen LogP contribution is -2.61. The van der Waals surface area contributed by atoms with Crippen molar-refractivity contribution in [1.29, 1.82) is 0 Å². The Morgan fingerprint density at radius 1 is 0.372 bits per heavy atom. The van der Waals surface area contributed by atoms with Gasteiger partial charge >= 0.3 is 0 Å². The molecule has 5 nitrogen and oxygen atoms in total. The van der Waals surface area contributed by atoms with Crippen molar-refractivity contribution >= 4 is 150 Å². The third-order valence-corrected chi connectivity index (χ3v) is 17.1. The molecular formula is C72H54BN3O2. The SMILES string of the molecule is CC(C)(C)c1ccc(N2c3cc(N(c4ccc5ccc6cccc7ccc4c5c67)c4cccc5c4oc4ccccc45)ccc3B3c4c2cccc4N(c2ccc(C(C)(C)C)cc2)c2ccc4oc5ccccc5c4c23)cc1. The van der Waals surface area contributed by atoms with Gasteiger partial charge in [0.15, 0.2) is 5.58 Å². The van der Waals surface area contributed by atoms with Crippen LogP contribution in [0.2, 0.25) is 0 Å². The van der Waals surface area contributed by atoms with Crippen molar-refractivity contribution in [1.82, 2.24) is 0 Å². The number of para-hydroxylation sites is 3. The quantitative estimate of drug-likeness (QED) is 0.127. The van der Waals surface area contributed by atoms with Gasteiger partial charge in [0.1, 0.15) is 16.7 Å². The van der Waals surface area contributed by atoms with Crippen LogP contribution >= 0.6 is 0 Å². The predicted octanol–water partition coefficient (Wildman–Crippen LogP) is 18.5. The lowest BCUT2D eigenvalue weighted by Gasteiger charge is -2.44. The van der Waals surface area contributed by atoms with E-state index in [2.05, 4.69) is 275 Å². The Labute approximate surface area is 453 Å². The van der Waals surface area contributed by atoms with Crippen molar-refractivity contribution in [2.75, 3.05) is 14.7 Å². The first-order chi connectivity index (χ1) is 38.0. The highest BCUT2D eigenvalue weighted by Crippen LogP contribution is 2.51. The van der Waals surface area contributed by atoms with Crippen LogP contribution in [-0.2, 0) is 10.8 Å². The van der Waals surface area contributed by atoms with Crippen LogP contribution in [0.15, 0.2) is 227 Å². The number of anilines is 9. The van der Waals surface area contributed by atoms with Crippen LogP contribution in [0.25, 0.3) is 76.2 Å². The Morgan fingerprint density at radius 3 is 1.63 bits per heavy atom. The van der Waals surface area contributed by atoms with Gasteiger partial charge < -0.3 is 23.5 Å². The average molecular weight is 1000 g/mol. The van der Waals surface area contributed by atoms with Crippen LogP contribution in [0.4, 0.5) is 51.2 Å². The van der Waals surface area contributed by atoms with E-state index in [0.717, 1.165) is 89.4 Å². The van der Waals surface area contributed by atoms with Crippen molar-refractivity contribution in [3.8, 4) is 0 Å². The van der Waals surface area contributed by atoms with E-state index in [1.165, 1.54) is 65.5 Å². The molecule has 6 heteroatoms. The summed E-state index contributed by atoms with van der Waals surface area (Å²) in [5.41, 5.74) is 19.7. The molecule has 4 heterocycles. The highest BCUT2D eigenvalue weighted by Gasteiger charge is 2.45. The van der Waals surface area contributed by atoms with Crippen LogP contribution in [-0.4, -0.2) is 6.71 Å². The topological polar surface area (TPSA) is 36.0 Å². The van der Waals surface area contributed by atoms with Gasteiger partial charge in [-0.25, -0.2) is 0 Å². The monoisotopic (exact) mass is 1000 g/mol. The third-order valence-electron chi connectivity index (χ3n) is 17.1. The molecule has 0 saturated carbocycles. The van der Waals surface area contributed by atoms with Gasteiger partial charge in [0.25, 0.3) is 6.71 Å². The van der Waals surface area contributed by atoms with Crippen molar-refractivity contribution in [2.24, 2.45) is 0 Å². The molecule has 0 saturated heterocycles. The molecule has 372 valence electrons. The van der Waals surface area contributed by atoms with Gasteiger partial charge in [-0.1, -0.05) is 175 Å². The van der Waals surface area contributed by atoms with Crippen LogP contribution in [0.5, 0.6) is 0 Å². The summed E-state index contributed by atoms with van der Waals surface area (Å²) in [6.45, 7) is 13.6. The summed E-state index contributed by atoms with van der Waals surface area (Å²) in [7, 11) is 0. The van der Waals surface area contributed by atoms with Crippen LogP contribution in [0.1, 0.15) is 52.7 Å². The van der Waals surface area contributed by atoms with E-state index in [9.17, 15) is 0 Å². The fourth-order valence-corrected chi connectivity index (χ4v) is 13.4. The summed E-state index contributed by atoms with van der Waals surface area (Å²) in [6, 6.07) is 81.1. The molecule has 0 bridgehead atoms. The van der Waals surface area contributed by atoms with E-state index in [1.54, 1.807) is 0 Å². The maximum absolute atomic E-state index is 6.99. The largest absolute Gasteiger partial charge is 0.456 e. The number of furan rings is 2. The van der Waals surface area contributed by atoms with E-state index in [0.29, 0.717) is 0 Å². The second-order valence-electron chi connectivity index (χ2n) is 23.6. The Morgan fingerprint density at radius 2 is 0.936 bits per heavy atom. The molecule has 14 aromatic rings. The minimum atomic E-state index is -0.156. The number of benzene rings is 12. The summed E-state index contributed by atoms with van der Waals surface area (Å²) in [5.74, 6) is 0. The molecule has 2 aliphatic heterocycles. The molecule has 0 aliphatic carbocycles. The molecule has 0 atom stereocenters. The molecule has 0 spiro atoms. The highest BCUT2D eigenvalue weighted by atomic mass is 16.3. The van der Waals surface area contributed by atoms with Crippen molar-refractivity contribution < 1.29 is 8.83 Å². The minimum Gasteiger partial charge on any atom is -0.456 e.